The van der Waals surface area contributed by atoms with Crippen molar-refractivity contribution < 1.29 is 5.21 Å². The number of hydrogen-bond donors (Lipinski definition) is 3. The van der Waals surface area contributed by atoms with Crippen LogP contribution in [0.25, 0.3) is 0 Å². The zero-order valence-electron chi connectivity index (χ0n) is 10.3. The molecule has 1 aromatic rings. The van der Waals surface area contributed by atoms with E-state index in [1.807, 2.05) is 24.3 Å². The average molecular weight is 245 g/mol. The van der Waals surface area contributed by atoms with Gasteiger partial charge in [-0.1, -0.05) is 35.5 Å². The molecule has 0 aromatic heterocycles. The zero-order valence-corrected chi connectivity index (χ0v) is 10.3. The fourth-order valence-corrected chi connectivity index (χ4v) is 2.14. The minimum absolute atomic E-state index is 0.150. The second-order valence-corrected chi connectivity index (χ2v) is 4.55. The average Bonchev–Trinajstić information content (AvgIpc) is 2.45. The van der Waals surface area contributed by atoms with Gasteiger partial charge in [-0.3, -0.25) is 0 Å². The van der Waals surface area contributed by atoms with Gasteiger partial charge in [-0.2, -0.15) is 0 Å². The number of hydrogen-bond acceptors (Lipinski definition) is 3. The molecule has 1 aliphatic carbocycles. The van der Waals surface area contributed by atoms with E-state index in [-0.39, 0.29) is 5.84 Å². The highest BCUT2D eigenvalue weighted by atomic mass is 16.4. The maximum absolute atomic E-state index is 8.65. The minimum atomic E-state index is 0.150. The van der Waals surface area contributed by atoms with Crippen molar-refractivity contribution in [3.8, 4) is 0 Å². The van der Waals surface area contributed by atoms with Gasteiger partial charge in [0.05, 0.1) is 0 Å². The van der Waals surface area contributed by atoms with Gasteiger partial charge < -0.3 is 16.3 Å². The van der Waals surface area contributed by atoms with Crippen molar-refractivity contribution in [3.63, 3.8) is 0 Å². The summed E-state index contributed by atoms with van der Waals surface area (Å²) in [5.74, 6) is 0.150. The van der Waals surface area contributed by atoms with E-state index in [0.717, 1.165) is 30.5 Å². The standard InChI is InChI=1S/C14H19N3O/c15-14(17-18)12-6-4-5-11(9-12)10-16-13-7-2-1-3-8-13/h1-2,4-6,9,13,16,18H,3,7-8,10H2,(H2,15,17). The third kappa shape index (κ3) is 3.34. The van der Waals surface area contributed by atoms with Gasteiger partial charge in [0.2, 0.25) is 0 Å². The molecule has 4 N–H and O–H groups in total. The molecule has 4 heteroatoms. The summed E-state index contributed by atoms with van der Waals surface area (Å²) in [6.07, 6.45) is 7.91. The van der Waals surface area contributed by atoms with E-state index < -0.39 is 0 Å². The molecule has 0 saturated carbocycles. The molecular weight excluding hydrogens is 226 g/mol. The molecule has 0 heterocycles. The Hall–Kier alpha value is -1.81. The van der Waals surface area contributed by atoms with Gasteiger partial charge in [0.15, 0.2) is 5.84 Å². The number of nitrogens with zero attached hydrogens (tertiary/aromatic N) is 1. The van der Waals surface area contributed by atoms with Gasteiger partial charge >= 0.3 is 0 Å². The van der Waals surface area contributed by atoms with E-state index in [2.05, 4.69) is 22.6 Å². The highest BCUT2D eigenvalue weighted by Crippen LogP contribution is 2.12. The zero-order chi connectivity index (χ0) is 12.8. The summed E-state index contributed by atoms with van der Waals surface area (Å²) in [6, 6.07) is 8.30. The molecule has 0 bridgehead atoms. The largest absolute Gasteiger partial charge is 0.409 e. The van der Waals surface area contributed by atoms with Crippen molar-refractivity contribution in [1.82, 2.24) is 5.32 Å². The van der Waals surface area contributed by atoms with Crippen LogP contribution in [0.2, 0.25) is 0 Å². The first-order valence-corrected chi connectivity index (χ1v) is 6.25. The molecule has 0 fully saturated rings. The smallest absolute Gasteiger partial charge is 0.170 e. The molecule has 1 aromatic carbocycles. The van der Waals surface area contributed by atoms with Crippen LogP contribution in [0.4, 0.5) is 0 Å². The first kappa shape index (κ1) is 12.6. The van der Waals surface area contributed by atoms with E-state index in [4.69, 9.17) is 10.9 Å². The second-order valence-electron chi connectivity index (χ2n) is 4.55. The van der Waals surface area contributed by atoms with Gasteiger partial charge in [0, 0.05) is 18.2 Å². The molecule has 0 radical (unpaired) electrons. The van der Waals surface area contributed by atoms with Crippen LogP contribution >= 0.6 is 0 Å². The Labute approximate surface area is 107 Å². The van der Waals surface area contributed by atoms with Crippen molar-refractivity contribution in [2.24, 2.45) is 10.9 Å². The lowest BCUT2D eigenvalue weighted by molar-refractivity contribution is 0.318. The van der Waals surface area contributed by atoms with Gasteiger partial charge in [0.1, 0.15) is 0 Å². The maximum atomic E-state index is 8.65. The number of amidine groups is 1. The van der Waals surface area contributed by atoms with E-state index >= 15 is 0 Å². The Kier molecular flexibility index (Phi) is 4.36. The number of nitrogens with two attached hydrogens (primary N) is 1. The van der Waals surface area contributed by atoms with Crippen LogP contribution in [-0.2, 0) is 6.54 Å². The Morgan fingerprint density at radius 2 is 2.33 bits per heavy atom. The van der Waals surface area contributed by atoms with Gasteiger partial charge in [-0.05, 0) is 30.9 Å². The lowest BCUT2D eigenvalue weighted by atomic mass is 10.0. The fraction of sp³-hybridized carbons (Fsp3) is 0.357. The molecular formula is C14H19N3O. The number of allylic oxidation sites excluding steroid dienone is 1. The highest BCUT2D eigenvalue weighted by molar-refractivity contribution is 5.97. The second kappa shape index (κ2) is 6.21. The first-order valence-electron chi connectivity index (χ1n) is 6.25. The van der Waals surface area contributed by atoms with Crippen LogP contribution in [0.15, 0.2) is 41.6 Å². The Morgan fingerprint density at radius 1 is 1.44 bits per heavy atom. The molecule has 18 heavy (non-hydrogen) atoms. The normalized spacial score (nSPS) is 20.0. The summed E-state index contributed by atoms with van der Waals surface area (Å²) >= 11 is 0. The lowest BCUT2D eigenvalue weighted by Crippen LogP contribution is -2.29. The Balaban J connectivity index is 1.95. The summed E-state index contributed by atoms with van der Waals surface area (Å²) < 4.78 is 0. The van der Waals surface area contributed by atoms with E-state index in [0.29, 0.717) is 6.04 Å². The van der Waals surface area contributed by atoms with Crippen LogP contribution in [0.1, 0.15) is 30.4 Å². The number of benzene rings is 1. The van der Waals surface area contributed by atoms with Gasteiger partial charge in [-0.15, -0.1) is 0 Å². The van der Waals surface area contributed by atoms with Gasteiger partial charge in [-0.25, -0.2) is 0 Å². The van der Waals surface area contributed by atoms with E-state index in [9.17, 15) is 0 Å². The van der Waals surface area contributed by atoms with Crippen LogP contribution in [-0.4, -0.2) is 17.1 Å². The number of rotatable bonds is 4. The molecule has 1 unspecified atom stereocenters. The molecule has 0 amide bonds. The molecule has 1 aliphatic rings. The molecule has 0 aliphatic heterocycles. The molecule has 2 rings (SSSR count). The van der Waals surface area contributed by atoms with Crippen molar-refractivity contribution >= 4 is 5.84 Å². The molecule has 0 spiro atoms. The molecule has 96 valence electrons. The Bertz CT molecular complexity index is 454. The number of oxime groups is 1. The first-order chi connectivity index (χ1) is 8.79. The fourth-order valence-electron chi connectivity index (χ4n) is 2.14. The summed E-state index contributed by atoms with van der Waals surface area (Å²) in [4.78, 5) is 0. The molecule has 1 atom stereocenters. The van der Waals surface area contributed by atoms with Crippen molar-refractivity contribution in [1.29, 1.82) is 0 Å². The molecule has 0 saturated heterocycles. The lowest BCUT2D eigenvalue weighted by Gasteiger charge is -2.19. The van der Waals surface area contributed by atoms with Crippen LogP contribution < -0.4 is 11.1 Å². The van der Waals surface area contributed by atoms with E-state index in [1.165, 1.54) is 6.42 Å². The van der Waals surface area contributed by atoms with Crippen molar-refractivity contribution in [3.05, 3.63) is 47.5 Å². The summed E-state index contributed by atoms with van der Waals surface area (Å²) in [5.41, 5.74) is 7.47. The third-order valence-electron chi connectivity index (χ3n) is 3.19. The monoisotopic (exact) mass is 245 g/mol. The molecule has 4 nitrogen and oxygen atoms in total. The van der Waals surface area contributed by atoms with Crippen LogP contribution in [0, 0.1) is 0 Å². The maximum Gasteiger partial charge on any atom is 0.170 e. The minimum Gasteiger partial charge on any atom is -0.409 e. The van der Waals surface area contributed by atoms with E-state index in [1.54, 1.807) is 0 Å². The SMILES string of the molecule is NC(=NO)c1cccc(CNC2CC=CCC2)c1. The summed E-state index contributed by atoms with van der Waals surface area (Å²) in [6.45, 7) is 0.811. The highest BCUT2D eigenvalue weighted by Gasteiger charge is 2.09. The van der Waals surface area contributed by atoms with Crippen molar-refractivity contribution in [2.75, 3.05) is 0 Å². The predicted molar refractivity (Wildman–Crippen MR) is 72.6 cm³/mol. The topological polar surface area (TPSA) is 70.6 Å². The summed E-state index contributed by atoms with van der Waals surface area (Å²) in [5, 5.41) is 15.2. The quantitative estimate of drug-likeness (QED) is 0.250. The summed E-state index contributed by atoms with van der Waals surface area (Å²) in [7, 11) is 0. The van der Waals surface area contributed by atoms with Crippen molar-refractivity contribution in [2.45, 2.75) is 31.8 Å². The van der Waals surface area contributed by atoms with Crippen LogP contribution in [0.5, 0.6) is 0 Å². The predicted octanol–water partition coefficient (Wildman–Crippen LogP) is 1.98. The van der Waals surface area contributed by atoms with Crippen LogP contribution in [0.3, 0.4) is 0 Å². The number of nitrogens with one attached hydrogen (secondary N) is 1. The Morgan fingerprint density at radius 3 is 3.06 bits per heavy atom. The van der Waals surface area contributed by atoms with Gasteiger partial charge in [0.25, 0.3) is 0 Å². The third-order valence-corrected chi connectivity index (χ3v) is 3.19.